The Balaban J connectivity index is 1.93. The third-order valence-corrected chi connectivity index (χ3v) is 3.80. The van der Waals surface area contributed by atoms with Crippen molar-refractivity contribution in [3.8, 4) is 5.75 Å². The van der Waals surface area contributed by atoms with E-state index in [9.17, 15) is 0 Å². The maximum absolute atomic E-state index is 5.78. The average molecular weight is 263 g/mol. The van der Waals surface area contributed by atoms with Crippen LogP contribution in [0.5, 0.6) is 5.75 Å². The van der Waals surface area contributed by atoms with Crippen LogP contribution in [0.2, 0.25) is 0 Å². The van der Waals surface area contributed by atoms with Gasteiger partial charge in [-0.3, -0.25) is 0 Å². The highest BCUT2D eigenvalue weighted by molar-refractivity contribution is 5.28. The lowest BCUT2D eigenvalue weighted by Crippen LogP contribution is -2.42. The van der Waals surface area contributed by atoms with Gasteiger partial charge in [-0.1, -0.05) is 12.1 Å². The first-order valence-corrected chi connectivity index (χ1v) is 7.14. The van der Waals surface area contributed by atoms with Crippen LogP contribution in [0.15, 0.2) is 24.3 Å². The van der Waals surface area contributed by atoms with E-state index in [1.54, 1.807) is 7.11 Å². The molecule has 1 saturated heterocycles. The summed E-state index contributed by atoms with van der Waals surface area (Å²) in [6.45, 7) is 6.53. The average Bonchev–Trinajstić information content (AvgIpc) is 2.37. The van der Waals surface area contributed by atoms with Crippen LogP contribution in [0.4, 0.5) is 0 Å². The summed E-state index contributed by atoms with van der Waals surface area (Å²) in [6.07, 6.45) is 2.88. The summed E-state index contributed by atoms with van der Waals surface area (Å²) in [6, 6.07) is 9.18. The molecule has 3 atom stereocenters. The van der Waals surface area contributed by atoms with Crippen LogP contribution in [0.25, 0.3) is 0 Å². The molecule has 3 heteroatoms. The summed E-state index contributed by atoms with van der Waals surface area (Å²) in [7, 11) is 1.70. The summed E-state index contributed by atoms with van der Waals surface area (Å²) in [4.78, 5) is 0. The smallest absolute Gasteiger partial charge is 0.118 e. The molecule has 1 heterocycles. The Morgan fingerprint density at radius 2 is 1.74 bits per heavy atom. The molecule has 1 fully saturated rings. The van der Waals surface area contributed by atoms with Gasteiger partial charge in [0, 0.05) is 12.1 Å². The predicted octanol–water partition coefficient (Wildman–Crippen LogP) is 3.30. The highest BCUT2D eigenvalue weighted by Crippen LogP contribution is 2.23. The lowest BCUT2D eigenvalue weighted by atomic mass is 9.98. The SMILES string of the molecule is COc1ccc(C(C)NC2CC(C)OC(C)C2)cc1. The number of hydrogen-bond donors (Lipinski definition) is 1. The molecule has 0 radical (unpaired) electrons. The summed E-state index contributed by atoms with van der Waals surface area (Å²) in [5, 5.41) is 3.71. The van der Waals surface area contributed by atoms with Gasteiger partial charge in [-0.15, -0.1) is 0 Å². The second kappa shape index (κ2) is 6.40. The molecule has 2 rings (SSSR count). The number of rotatable bonds is 4. The molecular formula is C16H25NO2. The van der Waals surface area contributed by atoms with Gasteiger partial charge in [0.1, 0.15) is 5.75 Å². The molecule has 1 aliphatic rings. The number of hydrogen-bond acceptors (Lipinski definition) is 3. The second-order valence-corrected chi connectivity index (χ2v) is 5.59. The van der Waals surface area contributed by atoms with E-state index in [1.807, 2.05) is 12.1 Å². The first kappa shape index (κ1) is 14.4. The van der Waals surface area contributed by atoms with E-state index >= 15 is 0 Å². The molecule has 0 bridgehead atoms. The zero-order chi connectivity index (χ0) is 13.8. The van der Waals surface area contributed by atoms with Crippen molar-refractivity contribution in [2.45, 2.75) is 57.9 Å². The maximum atomic E-state index is 5.78. The van der Waals surface area contributed by atoms with Gasteiger partial charge in [-0.2, -0.15) is 0 Å². The highest BCUT2D eigenvalue weighted by Gasteiger charge is 2.25. The van der Waals surface area contributed by atoms with Gasteiger partial charge >= 0.3 is 0 Å². The zero-order valence-corrected chi connectivity index (χ0v) is 12.3. The van der Waals surface area contributed by atoms with Crippen molar-refractivity contribution in [2.24, 2.45) is 0 Å². The Labute approximate surface area is 116 Å². The van der Waals surface area contributed by atoms with E-state index in [0.29, 0.717) is 24.3 Å². The highest BCUT2D eigenvalue weighted by atomic mass is 16.5. The van der Waals surface area contributed by atoms with E-state index in [4.69, 9.17) is 9.47 Å². The largest absolute Gasteiger partial charge is 0.497 e. The van der Waals surface area contributed by atoms with E-state index in [1.165, 1.54) is 5.56 Å². The van der Waals surface area contributed by atoms with Gasteiger partial charge in [0.25, 0.3) is 0 Å². The fourth-order valence-corrected chi connectivity index (χ4v) is 2.88. The summed E-state index contributed by atoms with van der Waals surface area (Å²) in [5.41, 5.74) is 1.30. The Kier molecular flexibility index (Phi) is 4.83. The van der Waals surface area contributed by atoms with E-state index in [2.05, 4.69) is 38.2 Å². The van der Waals surface area contributed by atoms with E-state index < -0.39 is 0 Å². The molecule has 106 valence electrons. The summed E-state index contributed by atoms with van der Waals surface area (Å²) in [5.74, 6) is 0.907. The summed E-state index contributed by atoms with van der Waals surface area (Å²) >= 11 is 0. The van der Waals surface area contributed by atoms with Crippen molar-refractivity contribution >= 4 is 0 Å². The molecule has 3 nitrogen and oxygen atoms in total. The molecule has 0 aliphatic carbocycles. The Hall–Kier alpha value is -1.06. The van der Waals surface area contributed by atoms with Crippen LogP contribution in [-0.2, 0) is 4.74 Å². The minimum absolute atomic E-state index is 0.351. The van der Waals surface area contributed by atoms with E-state index in [0.717, 1.165) is 18.6 Å². The Bertz CT molecular complexity index is 380. The second-order valence-electron chi connectivity index (χ2n) is 5.59. The third kappa shape index (κ3) is 3.95. The van der Waals surface area contributed by atoms with Crippen molar-refractivity contribution in [3.05, 3.63) is 29.8 Å². The molecule has 0 saturated carbocycles. The first-order chi connectivity index (χ1) is 9.08. The van der Waals surface area contributed by atoms with Crippen molar-refractivity contribution in [1.82, 2.24) is 5.32 Å². The normalized spacial score (nSPS) is 28.9. The van der Waals surface area contributed by atoms with Crippen molar-refractivity contribution in [1.29, 1.82) is 0 Å². The minimum atomic E-state index is 0.351. The van der Waals surface area contributed by atoms with Crippen LogP contribution in [0.1, 0.15) is 45.2 Å². The molecule has 0 aromatic heterocycles. The molecule has 0 spiro atoms. The molecule has 3 unspecified atom stereocenters. The van der Waals surface area contributed by atoms with Gasteiger partial charge in [0.2, 0.25) is 0 Å². The quantitative estimate of drug-likeness (QED) is 0.904. The van der Waals surface area contributed by atoms with Gasteiger partial charge in [0.15, 0.2) is 0 Å². The molecule has 1 N–H and O–H groups in total. The Morgan fingerprint density at radius 3 is 2.26 bits per heavy atom. The van der Waals surface area contributed by atoms with Crippen molar-refractivity contribution in [3.63, 3.8) is 0 Å². The number of benzene rings is 1. The van der Waals surface area contributed by atoms with Gasteiger partial charge < -0.3 is 14.8 Å². The Morgan fingerprint density at radius 1 is 1.16 bits per heavy atom. The van der Waals surface area contributed by atoms with Crippen LogP contribution >= 0.6 is 0 Å². The molecule has 1 aliphatic heterocycles. The van der Waals surface area contributed by atoms with Crippen LogP contribution in [0, 0.1) is 0 Å². The van der Waals surface area contributed by atoms with E-state index in [-0.39, 0.29) is 0 Å². The monoisotopic (exact) mass is 263 g/mol. The van der Waals surface area contributed by atoms with Crippen molar-refractivity contribution < 1.29 is 9.47 Å². The minimum Gasteiger partial charge on any atom is -0.497 e. The predicted molar refractivity (Wildman–Crippen MR) is 77.6 cm³/mol. The lowest BCUT2D eigenvalue weighted by Gasteiger charge is -2.34. The maximum Gasteiger partial charge on any atom is 0.118 e. The lowest BCUT2D eigenvalue weighted by molar-refractivity contribution is -0.0433. The van der Waals surface area contributed by atoms with Gasteiger partial charge in [-0.05, 0) is 51.3 Å². The zero-order valence-electron chi connectivity index (χ0n) is 12.3. The third-order valence-electron chi connectivity index (χ3n) is 3.80. The first-order valence-electron chi connectivity index (χ1n) is 7.14. The van der Waals surface area contributed by atoms with Crippen molar-refractivity contribution in [2.75, 3.05) is 7.11 Å². The van der Waals surface area contributed by atoms with Crippen LogP contribution < -0.4 is 10.1 Å². The fourth-order valence-electron chi connectivity index (χ4n) is 2.88. The fraction of sp³-hybridized carbons (Fsp3) is 0.625. The summed E-state index contributed by atoms with van der Waals surface area (Å²) < 4.78 is 11.0. The van der Waals surface area contributed by atoms with Crippen LogP contribution in [-0.4, -0.2) is 25.4 Å². The standard InChI is InChI=1S/C16H25NO2/c1-11-9-15(10-12(2)19-11)17-13(3)14-5-7-16(18-4)8-6-14/h5-8,11-13,15,17H,9-10H2,1-4H3. The number of nitrogens with one attached hydrogen (secondary N) is 1. The van der Waals surface area contributed by atoms with Crippen LogP contribution in [0.3, 0.4) is 0 Å². The number of methoxy groups -OCH3 is 1. The molecule has 0 amide bonds. The number of ether oxygens (including phenoxy) is 2. The molecule has 1 aromatic carbocycles. The molecular weight excluding hydrogens is 238 g/mol. The molecule has 19 heavy (non-hydrogen) atoms. The topological polar surface area (TPSA) is 30.5 Å². The van der Waals surface area contributed by atoms with Gasteiger partial charge in [0.05, 0.1) is 19.3 Å². The van der Waals surface area contributed by atoms with Gasteiger partial charge in [-0.25, -0.2) is 0 Å². The molecule has 1 aromatic rings.